The van der Waals surface area contributed by atoms with Gasteiger partial charge >= 0.3 is 5.69 Å². The van der Waals surface area contributed by atoms with Crippen LogP contribution in [0.3, 0.4) is 0 Å². The lowest BCUT2D eigenvalue weighted by Gasteiger charge is -2.19. The van der Waals surface area contributed by atoms with Crippen molar-refractivity contribution in [1.82, 2.24) is 15.3 Å². The Balaban J connectivity index is 1.86. The summed E-state index contributed by atoms with van der Waals surface area (Å²) in [5.74, 6) is 0.885. The van der Waals surface area contributed by atoms with E-state index < -0.39 is 0 Å². The first-order chi connectivity index (χ1) is 9.26. The average molecular weight is 259 g/mol. The van der Waals surface area contributed by atoms with Gasteiger partial charge in [-0.15, -0.1) is 0 Å². The van der Waals surface area contributed by atoms with Crippen molar-refractivity contribution in [1.29, 1.82) is 0 Å². The van der Waals surface area contributed by atoms with Gasteiger partial charge in [-0.2, -0.15) is 0 Å². The van der Waals surface area contributed by atoms with Crippen LogP contribution in [0.4, 0.5) is 0 Å². The van der Waals surface area contributed by atoms with E-state index in [0.29, 0.717) is 6.04 Å². The molecule has 2 aromatic rings. The third-order valence-corrected chi connectivity index (χ3v) is 3.85. The SMILES string of the molecule is CCCNC(CC1CC1)c1ccc2[nH]c(=O)[nH]c2c1. The van der Waals surface area contributed by atoms with Crippen molar-refractivity contribution in [2.75, 3.05) is 6.54 Å². The number of benzene rings is 1. The molecule has 1 aliphatic carbocycles. The number of aromatic amines is 2. The van der Waals surface area contributed by atoms with E-state index in [0.717, 1.165) is 29.9 Å². The zero-order valence-electron chi connectivity index (χ0n) is 11.3. The van der Waals surface area contributed by atoms with Crippen LogP contribution in [0.1, 0.15) is 44.2 Å². The monoisotopic (exact) mass is 259 g/mol. The number of hydrogen-bond acceptors (Lipinski definition) is 2. The van der Waals surface area contributed by atoms with Gasteiger partial charge in [0.25, 0.3) is 0 Å². The Kier molecular flexibility index (Phi) is 3.42. The highest BCUT2D eigenvalue weighted by Gasteiger charge is 2.26. The van der Waals surface area contributed by atoms with Crippen LogP contribution >= 0.6 is 0 Å². The van der Waals surface area contributed by atoms with Crippen molar-refractivity contribution >= 4 is 11.0 Å². The van der Waals surface area contributed by atoms with Gasteiger partial charge in [-0.25, -0.2) is 4.79 Å². The van der Waals surface area contributed by atoms with Gasteiger partial charge in [0.05, 0.1) is 11.0 Å². The Morgan fingerprint density at radius 3 is 2.84 bits per heavy atom. The fraction of sp³-hybridized carbons (Fsp3) is 0.533. The molecule has 3 rings (SSSR count). The fourth-order valence-electron chi connectivity index (χ4n) is 2.61. The molecule has 102 valence electrons. The minimum Gasteiger partial charge on any atom is -0.310 e. The van der Waals surface area contributed by atoms with Gasteiger partial charge in [-0.3, -0.25) is 0 Å². The Hall–Kier alpha value is -1.55. The number of H-pyrrole nitrogens is 2. The van der Waals surface area contributed by atoms with Gasteiger partial charge in [0, 0.05) is 6.04 Å². The normalized spacial score (nSPS) is 16.9. The zero-order valence-corrected chi connectivity index (χ0v) is 11.3. The molecule has 0 radical (unpaired) electrons. The highest BCUT2D eigenvalue weighted by Crippen LogP contribution is 2.37. The summed E-state index contributed by atoms with van der Waals surface area (Å²) in [6.07, 6.45) is 5.09. The Morgan fingerprint density at radius 1 is 1.32 bits per heavy atom. The first-order valence-corrected chi connectivity index (χ1v) is 7.21. The predicted octanol–water partition coefficient (Wildman–Crippen LogP) is 2.70. The first kappa shape index (κ1) is 12.5. The lowest BCUT2D eigenvalue weighted by atomic mass is 10.0. The maximum absolute atomic E-state index is 11.3. The highest BCUT2D eigenvalue weighted by atomic mass is 16.1. The van der Waals surface area contributed by atoms with Gasteiger partial charge in [-0.05, 0) is 43.0 Å². The van der Waals surface area contributed by atoms with Crippen LogP contribution < -0.4 is 11.0 Å². The quantitative estimate of drug-likeness (QED) is 0.747. The van der Waals surface area contributed by atoms with Crippen LogP contribution in [0, 0.1) is 5.92 Å². The first-order valence-electron chi connectivity index (χ1n) is 7.21. The average Bonchev–Trinajstić information content (AvgIpc) is 3.13. The summed E-state index contributed by atoms with van der Waals surface area (Å²) in [6, 6.07) is 6.64. The zero-order chi connectivity index (χ0) is 13.2. The molecule has 3 N–H and O–H groups in total. The number of rotatable bonds is 6. The van der Waals surface area contributed by atoms with Gasteiger partial charge in [0.15, 0.2) is 0 Å². The molecule has 1 heterocycles. The van der Waals surface area contributed by atoms with E-state index in [-0.39, 0.29) is 5.69 Å². The molecule has 19 heavy (non-hydrogen) atoms. The van der Waals surface area contributed by atoms with Crippen molar-refractivity contribution in [3.8, 4) is 0 Å². The van der Waals surface area contributed by atoms with E-state index in [4.69, 9.17) is 0 Å². The van der Waals surface area contributed by atoms with Crippen molar-refractivity contribution in [2.45, 2.75) is 38.6 Å². The molecule has 0 aliphatic heterocycles. The topological polar surface area (TPSA) is 60.7 Å². The molecule has 1 aliphatic rings. The Bertz CT molecular complexity index is 609. The standard InChI is InChI=1S/C15H21N3O/c1-2-7-16-13(8-10-3-4-10)11-5-6-12-14(9-11)18-15(19)17-12/h5-6,9-10,13,16H,2-4,7-8H2,1H3,(H2,17,18,19). The molecule has 0 bridgehead atoms. The Morgan fingerprint density at radius 2 is 2.11 bits per heavy atom. The summed E-state index contributed by atoms with van der Waals surface area (Å²) < 4.78 is 0. The number of nitrogens with one attached hydrogen (secondary N) is 3. The second kappa shape index (κ2) is 5.21. The largest absolute Gasteiger partial charge is 0.323 e. The molecule has 1 aromatic carbocycles. The van der Waals surface area contributed by atoms with Crippen LogP contribution in [0.5, 0.6) is 0 Å². The lowest BCUT2D eigenvalue weighted by Crippen LogP contribution is -2.22. The molecule has 0 amide bonds. The minimum absolute atomic E-state index is 0.132. The third kappa shape index (κ3) is 2.89. The van der Waals surface area contributed by atoms with Gasteiger partial charge in [0.1, 0.15) is 0 Å². The molecule has 0 saturated heterocycles. The van der Waals surface area contributed by atoms with E-state index in [2.05, 4.69) is 34.3 Å². The van der Waals surface area contributed by atoms with Crippen LogP contribution in [0.15, 0.2) is 23.0 Å². The molecule has 1 saturated carbocycles. The maximum Gasteiger partial charge on any atom is 0.323 e. The molecule has 1 unspecified atom stereocenters. The molecule has 0 spiro atoms. The molecular weight excluding hydrogens is 238 g/mol. The van der Waals surface area contributed by atoms with E-state index in [1.807, 2.05) is 6.07 Å². The van der Waals surface area contributed by atoms with Crippen LogP contribution in [-0.4, -0.2) is 16.5 Å². The van der Waals surface area contributed by atoms with E-state index in [9.17, 15) is 4.79 Å². The van der Waals surface area contributed by atoms with Gasteiger partial charge in [-0.1, -0.05) is 25.8 Å². The van der Waals surface area contributed by atoms with Gasteiger partial charge in [0.2, 0.25) is 0 Å². The summed E-state index contributed by atoms with van der Waals surface area (Å²) in [4.78, 5) is 16.9. The number of imidazole rings is 1. The van der Waals surface area contributed by atoms with Crippen LogP contribution in [-0.2, 0) is 0 Å². The molecular formula is C15H21N3O. The van der Waals surface area contributed by atoms with Crippen molar-refractivity contribution in [2.24, 2.45) is 5.92 Å². The Labute approximate surface area is 112 Å². The fourth-order valence-corrected chi connectivity index (χ4v) is 2.61. The number of aromatic nitrogens is 2. The van der Waals surface area contributed by atoms with Crippen molar-refractivity contribution in [3.63, 3.8) is 0 Å². The highest BCUT2D eigenvalue weighted by molar-refractivity contribution is 5.75. The van der Waals surface area contributed by atoms with Crippen LogP contribution in [0.25, 0.3) is 11.0 Å². The summed E-state index contributed by atoms with van der Waals surface area (Å²) in [5.41, 5.74) is 2.94. The molecule has 1 atom stereocenters. The summed E-state index contributed by atoms with van der Waals surface area (Å²) >= 11 is 0. The molecule has 4 nitrogen and oxygen atoms in total. The predicted molar refractivity (Wildman–Crippen MR) is 77.3 cm³/mol. The summed E-state index contributed by atoms with van der Waals surface area (Å²) in [5, 5.41) is 3.63. The second-order valence-corrected chi connectivity index (χ2v) is 5.57. The summed E-state index contributed by atoms with van der Waals surface area (Å²) in [7, 11) is 0. The molecule has 4 heteroatoms. The lowest BCUT2D eigenvalue weighted by molar-refractivity contribution is 0.474. The maximum atomic E-state index is 11.3. The summed E-state index contributed by atoms with van der Waals surface area (Å²) in [6.45, 7) is 3.23. The molecule has 1 fully saturated rings. The van der Waals surface area contributed by atoms with Crippen LogP contribution in [0.2, 0.25) is 0 Å². The van der Waals surface area contributed by atoms with Crippen molar-refractivity contribution in [3.05, 3.63) is 34.2 Å². The minimum atomic E-state index is -0.132. The van der Waals surface area contributed by atoms with E-state index in [1.165, 1.54) is 24.8 Å². The van der Waals surface area contributed by atoms with Crippen molar-refractivity contribution < 1.29 is 0 Å². The second-order valence-electron chi connectivity index (χ2n) is 5.57. The van der Waals surface area contributed by atoms with E-state index in [1.54, 1.807) is 0 Å². The van der Waals surface area contributed by atoms with Gasteiger partial charge < -0.3 is 15.3 Å². The smallest absolute Gasteiger partial charge is 0.310 e. The van der Waals surface area contributed by atoms with E-state index >= 15 is 0 Å². The molecule has 1 aromatic heterocycles. The number of fused-ring (bicyclic) bond motifs is 1. The number of hydrogen-bond donors (Lipinski definition) is 3. The third-order valence-electron chi connectivity index (χ3n) is 3.85.